The van der Waals surface area contributed by atoms with Crippen molar-refractivity contribution in [1.29, 1.82) is 0 Å². The minimum Gasteiger partial charge on any atom is -0.352 e. The molecule has 4 nitrogen and oxygen atoms in total. The highest BCUT2D eigenvalue weighted by molar-refractivity contribution is 5.61. The molecule has 1 aromatic heterocycles. The number of hydrogen-bond acceptors (Lipinski definition) is 4. The zero-order valence-corrected chi connectivity index (χ0v) is 14.4. The fraction of sp³-hybridized carbons (Fsp3) is 0.444. The average molecular weight is 298 g/mol. The van der Waals surface area contributed by atoms with E-state index >= 15 is 0 Å². The Morgan fingerprint density at radius 3 is 2.50 bits per heavy atom. The molecule has 0 fully saturated rings. The van der Waals surface area contributed by atoms with Crippen molar-refractivity contribution in [2.75, 3.05) is 10.6 Å². The predicted molar refractivity (Wildman–Crippen MR) is 94.0 cm³/mol. The molecule has 2 aromatic rings. The lowest BCUT2D eigenvalue weighted by atomic mass is 9.87. The summed E-state index contributed by atoms with van der Waals surface area (Å²) in [6.45, 7) is 12.8. The largest absolute Gasteiger partial charge is 0.352 e. The number of benzene rings is 1. The van der Waals surface area contributed by atoms with E-state index in [9.17, 15) is 0 Å². The Bertz CT molecular complexity index is 642. The standard InChI is InChI=1S/C18H26N4/c1-12(2)20-17-19-11-13(3)16(22-17)21-15-9-7-8-14(10-15)18(4,5)6/h7-12H,1-6H3,(H2,19,20,21,22). The first kappa shape index (κ1) is 16.3. The lowest BCUT2D eigenvalue weighted by molar-refractivity contribution is 0.590. The molecule has 0 amide bonds. The van der Waals surface area contributed by atoms with Crippen LogP contribution in [0.2, 0.25) is 0 Å². The van der Waals surface area contributed by atoms with Crippen LogP contribution in [0.4, 0.5) is 17.5 Å². The quantitative estimate of drug-likeness (QED) is 0.863. The third-order valence-corrected chi connectivity index (χ3v) is 3.38. The van der Waals surface area contributed by atoms with Crippen molar-refractivity contribution >= 4 is 17.5 Å². The van der Waals surface area contributed by atoms with E-state index < -0.39 is 0 Å². The molecule has 0 atom stereocenters. The van der Waals surface area contributed by atoms with Gasteiger partial charge in [0.25, 0.3) is 0 Å². The van der Waals surface area contributed by atoms with E-state index in [0.717, 1.165) is 17.1 Å². The van der Waals surface area contributed by atoms with Crippen molar-refractivity contribution in [3.05, 3.63) is 41.6 Å². The summed E-state index contributed by atoms with van der Waals surface area (Å²) in [6.07, 6.45) is 1.84. The normalized spacial score (nSPS) is 11.6. The topological polar surface area (TPSA) is 49.8 Å². The highest BCUT2D eigenvalue weighted by Crippen LogP contribution is 2.26. The molecule has 1 aromatic carbocycles. The third-order valence-electron chi connectivity index (χ3n) is 3.38. The van der Waals surface area contributed by atoms with Gasteiger partial charge in [-0.2, -0.15) is 4.98 Å². The van der Waals surface area contributed by atoms with E-state index in [1.54, 1.807) is 0 Å². The summed E-state index contributed by atoms with van der Waals surface area (Å²) in [5.74, 6) is 1.49. The van der Waals surface area contributed by atoms with Crippen LogP contribution in [-0.2, 0) is 5.41 Å². The van der Waals surface area contributed by atoms with Crippen molar-refractivity contribution in [3.8, 4) is 0 Å². The zero-order valence-electron chi connectivity index (χ0n) is 14.4. The van der Waals surface area contributed by atoms with Crippen LogP contribution in [-0.4, -0.2) is 16.0 Å². The second kappa shape index (κ2) is 6.34. The first-order valence-corrected chi connectivity index (χ1v) is 7.73. The van der Waals surface area contributed by atoms with Crippen LogP contribution in [0.25, 0.3) is 0 Å². The Morgan fingerprint density at radius 1 is 1.14 bits per heavy atom. The first-order chi connectivity index (χ1) is 10.3. The summed E-state index contributed by atoms with van der Waals surface area (Å²) in [6, 6.07) is 8.78. The van der Waals surface area contributed by atoms with E-state index in [-0.39, 0.29) is 5.41 Å². The van der Waals surface area contributed by atoms with Gasteiger partial charge in [-0.25, -0.2) is 4.98 Å². The highest BCUT2D eigenvalue weighted by Gasteiger charge is 2.14. The molecular formula is C18H26N4. The zero-order chi connectivity index (χ0) is 16.3. The molecule has 0 bridgehead atoms. The summed E-state index contributed by atoms with van der Waals surface area (Å²) in [4.78, 5) is 8.88. The van der Waals surface area contributed by atoms with Crippen molar-refractivity contribution < 1.29 is 0 Å². The molecule has 0 unspecified atom stereocenters. The molecule has 2 rings (SSSR count). The first-order valence-electron chi connectivity index (χ1n) is 7.73. The molecule has 1 heterocycles. The highest BCUT2D eigenvalue weighted by atomic mass is 15.1. The molecule has 0 aliphatic heterocycles. The average Bonchev–Trinajstić information content (AvgIpc) is 2.41. The molecular weight excluding hydrogens is 272 g/mol. The minimum absolute atomic E-state index is 0.128. The van der Waals surface area contributed by atoms with Crippen molar-refractivity contribution in [3.63, 3.8) is 0 Å². The predicted octanol–water partition coefficient (Wildman–Crippen LogP) is 4.65. The molecule has 22 heavy (non-hydrogen) atoms. The fourth-order valence-corrected chi connectivity index (χ4v) is 2.10. The molecule has 0 aliphatic carbocycles. The third kappa shape index (κ3) is 4.20. The molecule has 0 saturated heterocycles. The number of aryl methyl sites for hydroxylation is 1. The Kier molecular flexibility index (Phi) is 4.69. The molecule has 0 saturated carbocycles. The molecule has 0 radical (unpaired) electrons. The Labute approximate surface area is 133 Å². The van der Waals surface area contributed by atoms with Gasteiger partial charge in [-0.1, -0.05) is 32.9 Å². The maximum absolute atomic E-state index is 4.57. The number of aromatic nitrogens is 2. The summed E-state index contributed by atoms with van der Waals surface area (Å²) < 4.78 is 0. The van der Waals surface area contributed by atoms with Gasteiger partial charge >= 0.3 is 0 Å². The summed E-state index contributed by atoms with van der Waals surface area (Å²) in [5, 5.41) is 6.64. The summed E-state index contributed by atoms with van der Waals surface area (Å²) in [7, 11) is 0. The van der Waals surface area contributed by atoms with Gasteiger partial charge in [0.05, 0.1) is 0 Å². The number of anilines is 3. The Hall–Kier alpha value is -2.10. The Morgan fingerprint density at radius 2 is 1.86 bits per heavy atom. The monoisotopic (exact) mass is 298 g/mol. The van der Waals surface area contributed by atoms with Gasteiger partial charge < -0.3 is 10.6 Å². The summed E-state index contributed by atoms with van der Waals surface area (Å²) in [5.41, 5.74) is 3.49. The van der Waals surface area contributed by atoms with Crippen LogP contribution in [0.1, 0.15) is 45.7 Å². The number of nitrogens with one attached hydrogen (secondary N) is 2. The van der Waals surface area contributed by atoms with Crippen molar-refractivity contribution in [1.82, 2.24) is 9.97 Å². The maximum atomic E-state index is 4.57. The van der Waals surface area contributed by atoms with Crippen LogP contribution >= 0.6 is 0 Å². The van der Waals surface area contributed by atoms with E-state index in [0.29, 0.717) is 12.0 Å². The van der Waals surface area contributed by atoms with Crippen molar-refractivity contribution in [2.45, 2.75) is 53.0 Å². The lowest BCUT2D eigenvalue weighted by Gasteiger charge is -2.20. The number of hydrogen-bond donors (Lipinski definition) is 2. The molecule has 2 N–H and O–H groups in total. The van der Waals surface area contributed by atoms with Crippen LogP contribution < -0.4 is 10.6 Å². The second-order valence-electron chi connectivity index (χ2n) is 6.98. The van der Waals surface area contributed by atoms with Gasteiger partial charge in [-0.15, -0.1) is 0 Å². The second-order valence-corrected chi connectivity index (χ2v) is 6.98. The van der Waals surface area contributed by atoms with Gasteiger partial charge in [0.15, 0.2) is 0 Å². The minimum atomic E-state index is 0.128. The van der Waals surface area contributed by atoms with Crippen LogP contribution in [0, 0.1) is 6.92 Å². The number of nitrogens with zero attached hydrogens (tertiary/aromatic N) is 2. The lowest BCUT2D eigenvalue weighted by Crippen LogP contribution is -2.13. The van der Waals surface area contributed by atoms with Crippen LogP contribution in [0.3, 0.4) is 0 Å². The van der Waals surface area contributed by atoms with Gasteiger partial charge in [0.2, 0.25) is 5.95 Å². The van der Waals surface area contributed by atoms with Gasteiger partial charge in [0.1, 0.15) is 5.82 Å². The Balaban J connectivity index is 2.27. The molecule has 0 aliphatic rings. The van der Waals surface area contributed by atoms with E-state index in [4.69, 9.17) is 0 Å². The van der Waals surface area contributed by atoms with Gasteiger partial charge in [0, 0.05) is 23.5 Å². The van der Waals surface area contributed by atoms with E-state index in [2.05, 4.69) is 79.5 Å². The SMILES string of the molecule is Cc1cnc(NC(C)C)nc1Nc1cccc(C(C)(C)C)c1. The van der Waals surface area contributed by atoms with E-state index in [1.165, 1.54) is 5.56 Å². The summed E-state index contributed by atoms with van der Waals surface area (Å²) >= 11 is 0. The van der Waals surface area contributed by atoms with Crippen molar-refractivity contribution in [2.24, 2.45) is 0 Å². The molecule has 0 spiro atoms. The smallest absolute Gasteiger partial charge is 0.224 e. The molecule has 4 heteroatoms. The van der Waals surface area contributed by atoms with E-state index in [1.807, 2.05) is 13.1 Å². The molecule has 118 valence electrons. The van der Waals surface area contributed by atoms with Gasteiger partial charge in [-0.05, 0) is 43.9 Å². The number of rotatable bonds is 4. The maximum Gasteiger partial charge on any atom is 0.224 e. The van der Waals surface area contributed by atoms with Gasteiger partial charge in [-0.3, -0.25) is 0 Å². The van der Waals surface area contributed by atoms with Crippen LogP contribution in [0.15, 0.2) is 30.5 Å². The fourth-order valence-electron chi connectivity index (χ4n) is 2.10. The van der Waals surface area contributed by atoms with Crippen LogP contribution in [0.5, 0.6) is 0 Å².